The predicted molar refractivity (Wildman–Crippen MR) is 76.2 cm³/mol. The van der Waals surface area contributed by atoms with Crippen molar-refractivity contribution in [2.24, 2.45) is 0 Å². The molecule has 2 aromatic rings. The Hall–Kier alpha value is -2.08. The molecule has 0 amide bonds. The maximum Gasteiger partial charge on any atom is 0.339 e. The van der Waals surface area contributed by atoms with Gasteiger partial charge < -0.3 is 14.6 Å². The van der Waals surface area contributed by atoms with Crippen molar-refractivity contribution in [3.8, 4) is 11.6 Å². The Morgan fingerprint density at radius 3 is 2.85 bits per heavy atom. The molecular formula is C14H12BrNO4. The summed E-state index contributed by atoms with van der Waals surface area (Å²) in [6.07, 6.45) is 0. The van der Waals surface area contributed by atoms with Gasteiger partial charge in [0.05, 0.1) is 12.8 Å². The highest BCUT2D eigenvalue weighted by molar-refractivity contribution is 9.10. The molecule has 1 aromatic heterocycles. The lowest BCUT2D eigenvalue weighted by Gasteiger charge is -2.09. The smallest absolute Gasteiger partial charge is 0.339 e. The number of pyridine rings is 1. The number of aromatic nitrogens is 1. The van der Waals surface area contributed by atoms with Crippen LogP contribution >= 0.6 is 15.9 Å². The second kappa shape index (κ2) is 6.38. The second-order valence-corrected chi connectivity index (χ2v) is 4.82. The fourth-order valence-electron chi connectivity index (χ4n) is 1.60. The number of ether oxygens (including phenoxy) is 2. The molecule has 0 radical (unpaired) electrons. The number of methoxy groups -OCH3 is 1. The maximum atomic E-state index is 11.1. The minimum atomic E-state index is -1.04. The van der Waals surface area contributed by atoms with E-state index in [-0.39, 0.29) is 12.2 Å². The molecule has 0 spiro atoms. The Morgan fingerprint density at radius 2 is 2.15 bits per heavy atom. The third-order valence-corrected chi connectivity index (χ3v) is 3.03. The molecule has 0 fully saturated rings. The molecule has 1 aromatic carbocycles. The Morgan fingerprint density at radius 1 is 1.35 bits per heavy atom. The second-order valence-electron chi connectivity index (χ2n) is 3.91. The van der Waals surface area contributed by atoms with Crippen LogP contribution < -0.4 is 9.47 Å². The average molecular weight is 338 g/mol. The fraction of sp³-hybridized carbons (Fsp3) is 0.143. The monoisotopic (exact) mass is 337 g/mol. The first kappa shape index (κ1) is 14.3. The van der Waals surface area contributed by atoms with E-state index >= 15 is 0 Å². The van der Waals surface area contributed by atoms with Crippen LogP contribution in [0, 0.1) is 0 Å². The standard InChI is InChI=1S/C14H12BrNO4/c1-19-13-4-2-3-10(16-13)8-20-12-6-5-9(15)7-11(12)14(17)18/h2-7H,8H2,1H3,(H,17,18). The molecule has 0 aliphatic rings. The highest BCUT2D eigenvalue weighted by Gasteiger charge is 2.12. The number of carboxylic acid groups (broad SMARTS) is 1. The van der Waals surface area contributed by atoms with Crippen LogP contribution in [-0.2, 0) is 6.61 Å². The summed E-state index contributed by atoms with van der Waals surface area (Å²) < 4.78 is 11.2. The van der Waals surface area contributed by atoms with Gasteiger partial charge in [0.1, 0.15) is 17.9 Å². The van der Waals surface area contributed by atoms with E-state index in [0.717, 1.165) is 0 Å². The lowest BCUT2D eigenvalue weighted by Crippen LogP contribution is -2.04. The third-order valence-electron chi connectivity index (χ3n) is 2.54. The largest absolute Gasteiger partial charge is 0.486 e. The summed E-state index contributed by atoms with van der Waals surface area (Å²) >= 11 is 3.23. The number of nitrogens with zero attached hydrogens (tertiary/aromatic N) is 1. The molecule has 6 heteroatoms. The van der Waals surface area contributed by atoms with Crippen LogP contribution in [0.1, 0.15) is 16.1 Å². The van der Waals surface area contributed by atoms with E-state index < -0.39 is 5.97 Å². The van der Waals surface area contributed by atoms with E-state index in [1.54, 1.807) is 30.3 Å². The Bertz CT molecular complexity index is 630. The first-order chi connectivity index (χ1) is 9.60. The van der Waals surface area contributed by atoms with Crippen molar-refractivity contribution in [3.63, 3.8) is 0 Å². The van der Waals surface area contributed by atoms with Crippen molar-refractivity contribution in [2.75, 3.05) is 7.11 Å². The van der Waals surface area contributed by atoms with Crippen molar-refractivity contribution in [2.45, 2.75) is 6.61 Å². The van der Waals surface area contributed by atoms with E-state index in [1.807, 2.05) is 0 Å². The first-order valence-corrected chi connectivity index (χ1v) is 6.55. The summed E-state index contributed by atoms with van der Waals surface area (Å²) in [5, 5.41) is 9.13. The van der Waals surface area contributed by atoms with Crippen LogP contribution in [0.4, 0.5) is 0 Å². The number of carboxylic acids is 1. The highest BCUT2D eigenvalue weighted by Crippen LogP contribution is 2.24. The number of benzene rings is 1. The summed E-state index contributed by atoms with van der Waals surface area (Å²) in [7, 11) is 1.53. The highest BCUT2D eigenvalue weighted by atomic mass is 79.9. The molecule has 0 aliphatic carbocycles. The predicted octanol–water partition coefficient (Wildman–Crippen LogP) is 3.13. The average Bonchev–Trinajstić information content (AvgIpc) is 2.46. The summed E-state index contributed by atoms with van der Waals surface area (Å²) in [5.41, 5.74) is 0.755. The normalized spacial score (nSPS) is 10.1. The zero-order valence-corrected chi connectivity index (χ0v) is 12.3. The van der Waals surface area contributed by atoms with Crippen molar-refractivity contribution in [1.82, 2.24) is 4.98 Å². The zero-order valence-electron chi connectivity index (χ0n) is 10.7. The molecule has 0 aliphatic heterocycles. The van der Waals surface area contributed by atoms with Gasteiger partial charge in [-0.2, -0.15) is 0 Å². The molecule has 2 rings (SSSR count). The van der Waals surface area contributed by atoms with Crippen LogP contribution in [0.15, 0.2) is 40.9 Å². The van der Waals surface area contributed by atoms with Crippen molar-refractivity contribution >= 4 is 21.9 Å². The Kier molecular flexibility index (Phi) is 4.57. The summed E-state index contributed by atoms with van der Waals surface area (Å²) in [6, 6.07) is 10.1. The molecule has 104 valence electrons. The number of hydrogen-bond acceptors (Lipinski definition) is 4. The first-order valence-electron chi connectivity index (χ1n) is 5.75. The quantitative estimate of drug-likeness (QED) is 0.907. The lowest BCUT2D eigenvalue weighted by atomic mass is 10.2. The zero-order chi connectivity index (χ0) is 14.5. The number of aromatic carboxylic acids is 1. The summed E-state index contributed by atoms with van der Waals surface area (Å²) in [5.74, 6) is -0.259. The maximum absolute atomic E-state index is 11.1. The van der Waals surface area contributed by atoms with E-state index in [1.165, 1.54) is 13.2 Å². The van der Waals surface area contributed by atoms with Crippen LogP contribution in [0.3, 0.4) is 0 Å². The van der Waals surface area contributed by atoms with Gasteiger partial charge in [0.15, 0.2) is 0 Å². The number of rotatable bonds is 5. The van der Waals surface area contributed by atoms with Crippen molar-refractivity contribution in [1.29, 1.82) is 0 Å². The molecular weight excluding hydrogens is 326 g/mol. The molecule has 0 unspecified atom stereocenters. The minimum absolute atomic E-state index is 0.0993. The van der Waals surface area contributed by atoms with Gasteiger partial charge in [-0.3, -0.25) is 0 Å². The number of carbonyl (C=O) groups is 1. The molecule has 0 saturated heterocycles. The van der Waals surface area contributed by atoms with Crippen LogP contribution in [0.5, 0.6) is 11.6 Å². The minimum Gasteiger partial charge on any atom is -0.486 e. The number of halogens is 1. The van der Waals surface area contributed by atoms with Gasteiger partial charge >= 0.3 is 5.97 Å². The fourth-order valence-corrected chi connectivity index (χ4v) is 1.96. The Balaban J connectivity index is 2.16. The van der Waals surface area contributed by atoms with Gasteiger partial charge in [-0.1, -0.05) is 22.0 Å². The van der Waals surface area contributed by atoms with Crippen LogP contribution in [0.2, 0.25) is 0 Å². The lowest BCUT2D eigenvalue weighted by molar-refractivity contribution is 0.0691. The van der Waals surface area contributed by atoms with Gasteiger partial charge in [-0.05, 0) is 24.3 Å². The Labute approximate surface area is 124 Å². The van der Waals surface area contributed by atoms with Crippen molar-refractivity contribution < 1.29 is 19.4 Å². The molecule has 5 nitrogen and oxygen atoms in total. The van der Waals surface area contributed by atoms with E-state index in [2.05, 4.69) is 20.9 Å². The summed E-state index contributed by atoms with van der Waals surface area (Å²) in [6.45, 7) is 0.166. The van der Waals surface area contributed by atoms with E-state index in [0.29, 0.717) is 21.8 Å². The van der Waals surface area contributed by atoms with Crippen molar-refractivity contribution in [3.05, 3.63) is 52.1 Å². The van der Waals surface area contributed by atoms with Crippen LogP contribution in [-0.4, -0.2) is 23.2 Å². The van der Waals surface area contributed by atoms with Crippen LogP contribution in [0.25, 0.3) is 0 Å². The molecule has 0 saturated carbocycles. The van der Waals surface area contributed by atoms with Gasteiger partial charge in [0.25, 0.3) is 0 Å². The topological polar surface area (TPSA) is 68.7 Å². The van der Waals surface area contributed by atoms with Gasteiger partial charge in [0, 0.05) is 10.5 Å². The molecule has 0 atom stereocenters. The SMILES string of the molecule is COc1cccc(COc2ccc(Br)cc2C(=O)O)n1. The molecule has 1 heterocycles. The summed E-state index contributed by atoms with van der Waals surface area (Å²) in [4.78, 5) is 15.3. The molecule has 1 N–H and O–H groups in total. The third kappa shape index (κ3) is 3.48. The van der Waals surface area contributed by atoms with Gasteiger partial charge in [-0.25, -0.2) is 9.78 Å². The van der Waals surface area contributed by atoms with Gasteiger partial charge in [-0.15, -0.1) is 0 Å². The van der Waals surface area contributed by atoms with Gasteiger partial charge in [0.2, 0.25) is 5.88 Å². The van der Waals surface area contributed by atoms with E-state index in [4.69, 9.17) is 14.6 Å². The molecule has 0 bridgehead atoms. The van der Waals surface area contributed by atoms with E-state index in [9.17, 15) is 4.79 Å². The molecule has 20 heavy (non-hydrogen) atoms. The number of hydrogen-bond donors (Lipinski definition) is 1.